The molecular formula is C14H18N4O6. The van der Waals surface area contributed by atoms with Crippen LogP contribution in [0.3, 0.4) is 0 Å². The van der Waals surface area contributed by atoms with Gasteiger partial charge in [-0.1, -0.05) is 13.8 Å². The number of amides is 3. The van der Waals surface area contributed by atoms with Crippen molar-refractivity contribution in [2.24, 2.45) is 11.7 Å². The van der Waals surface area contributed by atoms with E-state index in [1.165, 1.54) is 19.2 Å². The number of nitro benzene ring substituents is 1. The predicted molar refractivity (Wildman–Crippen MR) is 84.4 cm³/mol. The number of carbonyl (C=O) groups excluding carboxylic acids is 3. The molecule has 0 heterocycles. The molecule has 0 aromatic heterocycles. The second-order valence-corrected chi connectivity index (χ2v) is 5.16. The summed E-state index contributed by atoms with van der Waals surface area (Å²) in [6.07, 6.45) is -1.27. The third kappa shape index (κ3) is 4.66. The average molecular weight is 338 g/mol. The number of benzene rings is 1. The number of hydrogen-bond acceptors (Lipinski definition) is 7. The molecule has 0 radical (unpaired) electrons. The van der Waals surface area contributed by atoms with Crippen LogP contribution in [-0.2, 0) is 9.53 Å². The minimum Gasteiger partial charge on any atom is -0.448 e. The van der Waals surface area contributed by atoms with Crippen LogP contribution in [0, 0.1) is 16.0 Å². The lowest BCUT2D eigenvalue weighted by atomic mass is 10.1. The molecule has 0 unspecified atom stereocenters. The van der Waals surface area contributed by atoms with Gasteiger partial charge in [-0.05, 0) is 18.1 Å². The van der Waals surface area contributed by atoms with Crippen LogP contribution in [0.4, 0.5) is 16.2 Å². The van der Waals surface area contributed by atoms with Crippen LogP contribution >= 0.6 is 0 Å². The molecule has 0 saturated heterocycles. The van der Waals surface area contributed by atoms with Crippen LogP contribution in [-0.4, -0.2) is 36.0 Å². The van der Waals surface area contributed by atoms with Gasteiger partial charge in [-0.3, -0.25) is 20.2 Å². The van der Waals surface area contributed by atoms with E-state index in [4.69, 9.17) is 10.5 Å². The Balaban J connectivity index is 3.04. The number of ether oxygens (including phenoxy) is 1. The van der Waals surface area contributed by atoms with E-state index in [0.717, 1.165) is 6.07 Å². The number of anilines is 1. The second-order valence-electron chi connectivity index (χ2n) is 5.16. The van der Waals surface area contributed by atoms with Crippen LogP contribution in [0.15, 0.2) is 18.2 Å². The van der Waals surface area contributed by atoms with Crippen molar-refractivity contribution in [1.82, 2.24) is 5.32 Å². The maximum atomic E-state index is 12.2. The Hall–Kier alpha value is -3.17. The van der Waals surface area contributed by atoms with Crippen molar-refractivity contribution in [3.8, 4) is 0 Å². The zero-order valence-electron chi connectivity index (χ0n) is 13.4. The highest BCUT2D eigenvalue weighted by Crippen LogP contribution is 2.25. The lowest BCUT2D eigenvalue weighted by Gasteiger charge is -2.19. The molecule has 0 aliphatic heterocycles. The van der Waals surface area contributed by atoms with Crippen molar-refractivity contribution < 1.29 is 24.0 Å². The second kappa shape index (κ2) is 7.90. The Labute approximate surface area is 137 Å². The quantitative estimate of drug-likeness (QED) is 0.397. The molecule has 0 aliphatic rings. The van der Waals surface area contributed by atoms with Gasteiger partial charge < -0.3 is 15.8 Å². The summed E-state index contributed by atoms with van der Waals surface area (Å²) >= 11 is 0. The minimum absolute atomic E-state index is 0.0989. The SMILES string of the molecule is CNc1ccc(C(=O)O[C@H](C(=O)NC(N)=O)C(C)C)cc1[N+](=O)[O-]. The van der Waals surface area contributed by atoms with E-state index < -0.39 is 34.9 Å². The Bertz CT molecular complexity index is 673. The van der Waals surface area contributed by atoms with Crippen molar-refractivity contribution >= 4 is 29.3 Å². The van der Waals surface area contributed by atoms with Crippen molar-refractivity contribution in [1.29, 1.82) is 0 Å². The molecule has 0 saturated carbocycles. The Kier molecular flexibility index (Phi) is 6.22. The highest BCUT2D eigenvalue weighted by atomic mass is 16.6. The van der Waals surface area contributed by atoms with E-state index >= 15 is 0 Å². The first-order valence-corrected chi connectivity index (χ1v) is 6.94. The van der Waals surface area contributed by atoms with Crippen LogP contribution < -0.4 is 16.4 Å². The standard InChI is InChI=1S/C14H18N4O6/c1-7(2)11(12(19)17-14(15)21)24-13(20)8-4-5-9(16-3)10(6-8)18(22)23/h4-7,11,16H,1-3H3,(H3,15,17,19,21)/t11-/m0/s1. The number of esters is 1. The van der Waals surface area contributed by atoms with Gasteiger partial charge in [0.05, 0.1) is 10.5 Å². The van der Waals surface area contributed by atoms with Gasteiger partial charge in [0, 0.05) is 13.1 Å². The molecule has 0 bridgehead atoms. The molecule has 10 nitrogen and oxygen atoms in total. The van der Waals surface area contributed by atoms with E-state index in [1.807, 2.05) is 5.32 Å². The normalized spacial score (nSPS) is 11.5. The summed E-state index contributed by atoms with van der Waals surface area (Å²) in [5, 5.41) is 15.5. The lowest BCUT2D eigenvalue weighted by molar-refractivity contribution is -0.384. The molecule has 130 valence electrons. The van der Waals surface area contributed by atoms with Gasteiger partial charge in [-0.15, -0.1) is 0 Å². The van der Waals surface area contributed by atoms with Crippen molar-refractivity contribution in [3.05, 3.63) is 33.9 Å². The number of urea groups is 1. The van der Waals surface area contributed by atoms with Gasteiger partial charge in [0.15, 0.2) is 6.10 Å². The summed E-state index contributed by atoms with van der Waals surface area (Å²) in [6, 6.07) is 2.64. The van der Waals surface area contributed by atoms with Crippen LogP contribution in [0.25, 0.3) is 0 Å². The van der Waals surface area contributed by atoms with E-state index in [9.17, 15) is 24.5 Å². The molecule has 10 heteroatoms. The Morgan fingerprint density at radius 1 is 1.29 bits per heavy atom. The molecule has 0 fully saturated rings. The van der Waals surface area contributed by atoms with Crippen molar-refractivity contribution in [3.63, 3.8) is 0 Å². The number of nitro groups is 1. The number of rotatable bonds is 6. The maximum absolute atomic E-state index is 12.2. The van der Waals surface area contributed by atoms with Gasteiger partial charge in [-0.2, -0.15) is 0 Å². The summed E-state index contributed by atoms with van der Waals surface area (Å²) < 4.78 is 5.07. The average Bonchev–Trinajstić information content (AvgIpc) is 2.50. The topological polar surface area (TPSA) is 154 Å². The van der Waals surface area contributed by atoms with Gasteiger partial charge in [0.1, 0.15) is 5.69 Å². The molecule has 1 atom stereocenters. The predicted octanol–water partition coefficient (Wildman–Crippen LogP) is 1.01. The molecule has 3 amide bonds. The van der Waals surface area contributed by atoms with Crippen molar-refractivity contribution in [2.45, 2.75) is 20.0 Å². The molecule has 4 N–H and O–H groups in total. The molecule has 0 aliphatic carbocycles. The summed E-state index contributed by atoms with van der Waals surface area (Å²) in [5.74, 6) is -2.24. The molecular weight excluding hydrogens is 320 g/mol. The number of hydrogen-bond donors (Lipinski definition) is 3. The zero-order valence-corrected chi connectivity index (χ0v) is 13.4. The Morgan fingerprint density at radius 3 is 2.38 bits per heavy atom. The van der Waals surface area contributed by atoms with Gasteiger partial charge in [-0.25, -0.2) is 9.59 Å². The largest absolute Gasteiger partial charge is 0.448 e. The highest BCUT2D eigenvalue weighted by molar-refractivity contribution is 5.98. The highest BCUT2D eigenvalue weighted by Gasteiger charge is 2.28. The van der Waals surface area contributed by atoms with Gasteiger partial charge in [0.2, 0.25) is 0 Å². The third-order valence-corrected chi connectivity index (χ3v) is 3.04. The van der Waals surface area contributed by atoms with E-state index in [0.29, 0.717) is 0 Å². The molecule has 0 spiro atoms. The summed E-state index contributed by atoms with van der Waals surface area (Å²) in [6.45, 7) is 3.20. The number of primary amides is 1. The molecule has 1 aromatic rings. The van der Waals surface area contributed by atoms with Crippen LogP contribution in [0.2, 0.25) is 0 Å². The Morgan fingerprint density at radius 2 is 1.92 bits per heavy atom. The first kappa shape index (κ1) is 18.9. The summed E-state index contributed by atoms with van der Waals surface area (Å²) in [7, 11) is 1.50. The summed E-state index contributed by atoms with van der Waals surface area (Å²) in [4.78, 5) is 45.1. The maximum Gasteiger partial charge on any atom is 0.339 e. The minimum atomic E-state index is -1.27. The van der Waals surface area contributed by atoms with Crippen molar-refractivity contribution in [2.75, 3.05) is 12.4 Å². The fourth-order valence-corrected chi connectivity index (χ4v) is 1.89. The zero-order chi connectivity index (χ0) is 18.4. The summed E-state index contributed by atoms with van der Waals surface area (Å²) in [5.41, 5.74) is 4.68. The van der Waals surface area contributed by atoms with Gasteiger partial charge >= 0.3 is 12.0 Å². The fourth-order valence-electron chi connectivity index (χ4n) is 1.89. The lowest BCUT2D eigenvalue weighted by Crippen LogP contribution is -2.45. The first-order chi connectivity index (χ1) is 11.2. The van der Waals surface area contributed by atoms with Crippen LogP contribution in [0.1, 0.15) is 24.2 Å². The number of imide groups is 1. The monoisotopic (exact) mass is 338 g/mol. The van der Waals surface area contributed by atoms with Gasteiger partial charge in [0.25, 0.3) is 11.6 Å². The van der Waals surface area contributed by atoms with E-state index in [2.05, 4.69) is 5.32 Å². The van der Waals surface area contributed by atoms with E-state index in [1.54, 1.807) is 13.8 Å². The number of nitrogens with zero attached hydrogens (tertiary/aromatic N) is 1. The number of nitrogens with one attached hydrogen (secondary N) is 2. The van der Waals surface area contributed by atoms with Crippen LogP contribution in [0.5, 0.6) is 0 Å². The molecule has 24 heavy (non-hydrogen) atoms. The fraction of sp³-hybridized carbons (Fsp3) is 0.357. The smallest absolute Gasteiger partial charge is 0.339 e. The molecule has 1 rings (SSSR count). The molecule has 1 aromatic carbocycles. The third-order valence-electron chi connectivity index (χ3n) is 3.04. The van der Waals surface area contributed by atoms with E-state index in [-0.39, 0.29) is 16.9 Å². The first-order valence-electron chi connectivity index (χ1n) is 6.94. The number of carbonyl (C=O) groups is 3. The number of nitrogens with two attached hydrogens (primary N) is 1.